The molecule has 0 unspecified atom stereocenters. The molecule has 1 saturated heterocycles. The largest absolute Gasteiger partial charge is 0.458 e. The van der Waals surface area contributed by atoms with Crippen molar-refractivity contribution in [2.24, 2.45) is 0 Å². The van der Waals surface area contributed by atoms with Crippen LogP contribution in [0.15, 0.2) is 41.8 Å². The number of carbonyl (C=O) groups is 2. The first kappa shape index (κ1) is 18.3. The number of ether oxygens (including phenoxy) is 1. The number of nitrogens with zero attached hydrogens (tertiary/aromatic N) is 4. The molecular formula is C19H17FN4O3S. The van der Waals surface area contributed by atoms with E-state index in [4.69, 9.17) is 4.74 Å². The van der Waals surface area contributed by atoms with Gasteiger partial charge in [-0.25, -0.2) is 13.9 Å². The Bertz CT molecular complexity index is 985. The van der Waals surface area contributed by atoms with Crippen LogP contribution in [0.3, 0.4) is 0 Å². The molecule has 4 rings (SSSR count). The van der Waals surface area contributed by atoms with E-state index in [1.807, 2.05) is 17.5 Å². The van der Waals surface area contributed by atoms with Gasteiger partial charge in [0.1, 0.15) is 12.4 Å². The second-order valence-electron chi connectivity index (χ2n) is 6.24. The zero-order chi connectivity index (χ0) is 19.5. The summed E-state index contributed by atoms with van der Waals surface area (Å²) in [5, 5.41) is 6.16. The van der Waals surface area contributed by atoms with E-state index in [-0.39, 0.29) is 24.2 Å². The molecule has 9 heteroatoms. The van der Waals surface area contributed by atoms with Crippen LogP contribution in [0.25, 0.3) is 16.4 Å². The van der Waals surface area contributed by atoms with Gasteiger partial charge in [-0.2, -0.15) is 4.98 Å². The molecule has 7 nitrogen and oxygen atoms in total. The zero-order valence-electron chi connectivity index (χ0n) is 14.9. The normalized spacial score (nSPS) is 13.9. The van der Waals surface area contributed by atoms with Crippen LogP contribution in [0.4, 0.5) is 4.39 Å². The molecule has 0 N–H and O–H groups in total. The Balaban J connectivity index is 1.54. The lowest BCUT2D eigenvalue weighted by atomic mass is 10.3. The van der Waals surface area contributed by atoms with Crippen molar-refractivity contribution >= 4 is 23.2 Å². The number of thiophene rings is 1. The SMILES string of the molecule is O=C(OCCN1CCCC1=O)c1nc(-c2cccs2)n(-c2ccc(F)cc2)n1. The first-order chi connectivity index (χ1) is 13.6. The molecule has 3 heterocycles. The number of hydrogen-bond donors (Lipinski definition) is 0. The minimum absolute atomic E-state index is 0.0785. The second-order valence-corrected chi connectivity index (χ2v) is 7.19. The molecule has 0 aliphatic carbocycles. The average Bonchev–Trinajstić information content (AvgIpc) is 3.43. The van der Waals surface area contributed by atoms with E-state index in [2.05, 4.69) is 10.1 Å². The Morgan fingerprint density at radius 3 is 2.75 bits per heavy atom. The highest BCUT2D eigenvalue weighted by Crippen LogP contribution is 2.25. The van der Waals surface area contributed by atoms with Crippen LogP contribution < -0.4 is 0 Å². The van der Waals surface area contributed by atoms with Gasteiger partial charge in [-0.15, -0.1) is 16.4 Å². The number of amides is 1. The third-order valence-corrected chi connectivity index (χ3v) is 5.23. The number of aromatic nitrogens is 3. The van der Waals surface area contributed by atoms with Gasteiger partial charge in [0.2, 0.25) is 5.91 Å². The molecule has 0 bridgehead atoms. The van der Waals surface area contributed by atoms with Crippen molar-refractivity contribution in [3.63, 3.8) is 0 Å². The van der Waals surface area contributed by atoms with E-state index in [1.165, 1.54) is 28.2 Å². The summed E-state index contributed by atoms with van der Waals surface area (Å²) in [5.41, 5.74) is 0.582. The smallest absolute Gasteiger partial charge is 0.378 e. The van der Waals surface area contributed by atoms with Crippen molar-refractivity contribution in [3.05, 3.63) is 53.4 Å². The maximum absolute atomic E-state index is 13.3. The second kappa shape index (κ2) is 7.89. The summed E-state index contributed by atoms with van der Waals surface area (Å²) < 4.78 is 20.0. The Morgan fingerprint density at radius 1 is 1.25 bits per heavy atom. The van der Waals surface area contributed by atoms with E-state index < -0.39 is 5.97 Å². The topological polar surface area (TPSA) is 77.3 Å². The van der Waals surface area contributed by atoms with Crippen molar-refractivity contribution in [2.45, 2.75) is 12.8 Å². The number of carbonyl (C=O) groups excluding carboxylic acids is 2. The summed E-state index contributed by atoms with van der Waals surface area (Å²) in [6.45, 7) is 1.14. The van der Waals surface area contributed by atoms with Gasteiger partial charge in [-0.1, -0.05) is 6.07 Å². The highest BCUT2D eigenvalue weighted by atomic mass is 32.1. The van der Waals surface area contributed by atoms with Gasteiger partial charge in [0.25, 0.3) is 5.82 Å². The predicted molar refractivity (Wildman–Crippen MR) is 101 cm³/mol. The highest BCUT2D eigenvalue weighted by Gasteiger charge is 2.23. The van der Waals surface area contributed by atoms with E-state index in [0.29, 0.717) is 31.0 Å². The van der Waals surface area contributed by atoms with Crippen molar-refractivity contribution < 1.29 is 18.7 Å². The molecule has 1 aliphatic heterocycles. The zero-order valence-corrected chi connectivity index (χ0v) is 15.7. The van der Waals surface area contributed by atoms with Gasteiger partial charge in [0, 0.05) is 13.0 Å². The highest BCUT2D eigenvalue weighted by molar-refractivity contribution is 7.13. The summed E-state index contributed by atoms with van der Waals surface area (Å²) in [7, 11) is 0. The maximum atomic E-state index is 13.3. The molecule has 144 valence electrons. The third-order valence-electron chi connectivity index (χ3n) is 4.37. The monoisotopic (exact) mass is 400 g/mol. The number of hydrogen-bond acceptors (Lipinski definition) is 6. The predicted octanol–water partition coefficient (Wildman–Crippen LogP) is 2.91. The average molecular weight is 400 g/mol. The molecule has 28 heavy (non-hydrogen) atoms. The Kier molecular flexibility index (Phi) is 5.16. The number of likely N-dealkylation sites (tertiary alicyclic amines) is 1. The van der Waals surface area contributed by atoms with Gasteiger partial charge in [-0.3, -0.25) is 4.79 Å². The molecule has 3 aromatic rings. The van der Waals surface area contributed by atoms with Gasteiger partial charge < -0.3 is 9.64 Å². The quantitative estimate of drug-likeness (QED) is 0.595. The molecule has 1 aromatic carbocycles. The van der Waals surface area contributed by atoms with Crippen molar-refractivity contribution in [3.8, 4) is 16.4 Å². The van der Waals surface area contributed by atoms with E-state index in [1.54, 1.807) is 17.0 Å². The van der Waals surface area contributed by atoms with Crippen molar-refractivity contribution in [1.29, 1.82) is 0 Å². The van der Waals surface area contributed by atoms with Crippen molar-refractivity contribution in [1.82, 2.24) is 19.7 Å². The minimum Gasteiger partial charge on any atom is -0.458 e. The molecule has 0 atom stereocenters. The van der Waals surface area contributed by atoms with Crippen LogP contribution in [-0.4, -0.2) is 51.2 Å². The summed E-state index contributed by atoms with van der Waals surface area (Å²) in [6, 6.07) is 9.50. The van der Waals surface area contributed by atoms with E-state index in [9.17, 15) is 14.0 Å². The maximum Gasteiger partial charge on any atom is 0.378 e. The van der Waals surface area contributed by atoms with Crippen LogP contribution >= 0.6 is 11.3 Å². The Morgan fingerprint density at radius 2 is 2.07 bits per heavy atom. The molecule has 0 radical (unpaired) electrons. The summed E-state index contributed by atoms with van der Waals surface area (Å²) in [6.07, 6.45) is 1.38. The molecule has 1 aliphatic rings. The third kappa shape index (κ3) is 3.79. The van der Waals surface area contributed by atoms with Gasteiger partial charge >= 0.3 is 5.97 Å². The molecular weight excluding hydrogens is 383 g/mol. The first-order valence-corrected chi connectivity index (χ1v) is 9.71. The lowest BCUT2D eigenvalue weighted by molar-refractivity contribution is -0.128. The number of esters is 1. The first-order valence-electron chi connectivity index (χ1n) is 8.83. The number of halogens is 1. The molecule has 1 fully saturated rings. The fraction of sp³-hybridized carbons (Fsp3) is 0.263. The minimum atomic E-state index is -0.662. The van der Waals surface area contributed by atoms with Crippen LogP contribution in [0.1, 0.15) is 23.5 Å². The molecule has 2 aromatic heterocycles. The fourth-order valence-corrected chi connectivity index (χ4v) is 3.68. The van der Waals surface area contributed by atoms with Crippen LogP contribution in [-0.2, 0) is 9.53 Å². The van der Waals surface area contributed by atoms with Crippen LogP contribution in [0.2, 0.25) is 0 Å². The number of rotatable bonds is 6. The van der Waals surface area contributed by atoms with Gasteiger partial charge in [0.15, 0.2) is 5.82 Å². The summed E-state index contributed by atoms with van der Waals surface area (Å²) in [5.74, 6) is -0.554. The van der Waals surface area contributed by atoms with Crippen molar-refractivity contribution in [2.75, 3.05) is 19.7 Å². The van der Waals surface area contributed by atoms with E-state index in [0.717, 1.165) is 11.3 Å². The van der Waals surface area contributed by atoms with Gasteiger partial charge in [0.05, 0.1) is 17.1 Å². The molecule has 0 spiro atoms. The standard InChI is InChI=1S/C19H17FN4O3S/c20-13-5-7-14(8-6-13)24-18(15-3-2-12-28-15)21-17(22-24)19(26)27-11-10-23-9-1-4-16(23)25/h2-3,5-8,12H,1,4,9-11H2. The lowest BCUT2D eigenvalue weighted by Gasteiger charge is -2.14. The number of benzene rings is 1. The Labute approximate surface area is 164 Å². The molecule has 1 amide bonds. The van der Waals surface area contributed by atoms with Gasteiger partial charge in [-0.05, 0) is 42.1 Å². The molecule has 0 saturated carbocycles. The lowest BCUT2D eigenvalue weighted by Crippen LogP contribution is -2.29. The summed E-state index contributed by atoms with van der Waals surface area (Å²) in [4.78, 5) is 30.8. The van der Waals surface area contributed by atoms with E-state index >= 15 is 0 Å². The fourth-order valence-electron chi connectivity index (χ4n) is 2.98. The van der Waals surface area contributed by atoms with Crippen LogP contribution in [0, 0.1) is 5.82 Å². The van der Waals surface area contributed by atoms with Crippen LogP contribution in [0.5, 0.6) is 0 Å². The Hall–Kier alpha value is -3.07. The summed E-state index contributed by atoms with van der Waals surface area (Å²) >= 11 is 1.45.